The second-order valence-electron chi connectivity index (χ2n) is 6.31. The van der Waals surface area contributed by atoms with E-state index in [1.807, 2.05) is 0 Å². The Balaban J connectivity index is 1.87. The third-order valence-corrected chi connectivity index (χ3v) is 4.64. The minimum Gasteiger partial charge on any atom is -0.448 e. The van der Waals surface area contributed by atoms with Crippen LogP contribution in [0.25, 0.3) is 0 Å². The highest BCUT2D eigenvalue weighted by molar-refractivity contribution is 7.13. The lowest BCUT2D eigenvalue weighted by molar-refractivity contribution is -0.123. The predicted molar refractivity (Wildman–Crippen MR) is 105 cm³/mol. The molecule has 2 aromatic rings. The second-order valence-corrected chi connectivity index (χ2v) is 7.58. The lowest BCUT2D eigenvalue weighted by atomic mass is 10.1. The van der Waals surface area contributed by atoms with Crippen LogP contribution in [0.2, 0.25) is 5.02 Å². The fourth-order valence-corrected chi connectivity index (χ4v) is 2.90. The van der Waals surface area contributed by atoms with E-state index in [0.29, 0.717) is 16.7 Å². The molecule has 0 aliphatic heterocycles. The highest BCUT2D eigenvalue weighted by Gasteiger charge is 2.21. The molecule has 1 heterocycles. The molecule has 6 nitrogen and oxygen atoms in total. The topological polar surface area (TPSA) is 80.3 Å². The monoisotopic (exact) mass is 413 g/mol. The van der Waals surface area contributed by atoms with Gasteiger partial charge in [0.1, 0.15) is 5.82 Å². The van der Waals surface area contributed by atoms with Crippen molar-refractivity contribution in [3.05, 3.63) is 40.1 Å². The van der Waals surface area contributed by atoms with Crippen LogP contribution >= 0.6 is 22.9 Å². The molecule has 2 rings (SSSR count). The maximum Gasteiger partial charge on any atom is 0.358 e. The fraction of sp³-hybridized carbons (Fsp3) is 0.389. The largest absolute Gasteiger partial charge is 0.448 e. The third kappa shape index (κ3) is 6.48. The zero-order valence-electron chi connectivity index (χ0n) is 15.2. The number of benzene rings is 1. The Bertz CT molecular complexity index is 813. The molecule has 0 fully saturated rings. The van der Waals surface area contributed by atoms with Crippen molar-refractivity contribution in [1.82, 2.24) is 4.98 Å². The smallest absolute Gasteiger partial charge is 0.358 e. The Morgan fingerprint density at radius 2 is 2.07 bits per heavy atom. The molecule has 1 aromatic heterocycles. The Kier molecular flexibility index (Phi) is 7.55. The van der Waals surface area contributed by atoms with E-state index in [2.05, 4.69) is 29.5 Å². The summed E-state index contributed by atoms with van der Waals surface area (Å²) < 4.78 is 18.3. The van der Waals surface area contributed by atoms with E-state index in [9.17, 15) is 14.0 Å². The van der Waals surface area contributed by atoms with Crippen LogP contribution in [0.4, 0.5) is 15.2 Å². The average Bonchev–Trinajstić information content (AvgIpc) is 3.06. The molecule has 0 bridgehead atoms. The molecule has 146 valence electrons. The quantitative estimate of drug-likeness (QED) is 0.619. The molecular formula is C18H21ClFN3O3S. The molecule has 2 N–H and O–H groups in total. The van der Waals surface area contributed by atoms with Crippen LogP contribution in [0.1, 0.15) is 37.7 Å². The Hall–Kier alpha value is -2.19. The lowest BCUT2D eigenvalue weighted by Crippen LogP contribution is -2.30. The van der Waals surface area contributed by atoms with Crippen molar-refractivity contribution in [1.29, 1.82) is 0 Å². The molecule has 1 amide bonds. The molecular weight excluding hydrogens is 393 g/mol. The number of amides is 1. The van der Waals surface area contributed by atoms with Crippen molar-refractivity contribution < 1.29 is 18.7 Å². The first-order valence-corrected chi connectivity index (χ1v) is 9.68. The summed E-state index contributed by atoms with van der Waals surface area (Å²) in [7, 11) is 0. The first-order chi connectivity index (χ1) is 12.8. The molecule has 0 saturated carbocycles. The Morgan fingerprint density at radius 1 is 1.33 bits per heavy atom. The minimum atomic E-state index is -1.06. The maximum atomic E-state index is 13.1. The number of halogens is 2. The van der Waals surface area contributed by atoms with Gasteiger partial charge in [0.25, 0.3) is 5.91 Å². The standard InChI is InChI=1S/C18H21ClFN3O3S/c1-10(2)6-7-21-18-23-15(9-27-18)17(25)26-11(3)16(24)22-12-4-5-14(20)13(19)8-12/h4-5,8-11H,6-7H2,1-3H3,(H,21,23)(H,22,24)/t11-/m0/s1. The van der Waals surface area contributed by atoms with E-state index in [4.69, 9.17) is 16.3 Å². The summed E-state index contributed by atoms with van der Waals surface area (Å²) >= 11 is 6.97. The normalized spacial score (nSPS) is 11.9. The predicted octanol–water partition coefficient (Wildman–Crippen LogP) is 4.58. The van der Waals surface area contributed by atoms with Gasteiger partial charge in [-0.05, 0) is 37.5 Å². The summed E-state index contributed by atoms with van der Waals surface area (Å²) in [4.78, 5) is 28.4. The molecule has 1 atom stereocenters. The van der Waals surface area contributed by atoms with Crippen molar-refractivity contribution in [3.63, 3.8) is 0 Å². The number of nitrogens with one attached hydrogen (secondary N) is 2. The third-order valence-electron chi connectivity index (χ3n) is 3.55. The lowest BCUT2D eigenvalue weighted by Gasteiger charge is -2.13. The number of hydrogen-bond acceptors (Lipinski definition) is 6. The van der Waals surface area contributed by atoms with Gasteiger partial charge in [0.2, 0.25) is 0 Å². The van der Waals surface area contributed by atoms with E-state index in [-0.39, 0.29) is 10.7 Å². The summed E-state index contributed by atoms with van der Waals surface area (Å²) in [5.41, 5.74) is 0.441. The SMILES string of the molecule is CC(C)CCNc1nc(C(=O)O[C@@H](C)C(=O)Nc2ccc(F)c(Cl)c2)cs1. The molecule has 0 aliphatic rings. The number of hydrogen-bond donors (Lipinski definition) is 2. The van der Waals surface area contributed by atoms with Crippen LogP contribution in [0.15, 0.2) is 23.6 Å². The number of carbonyl (C=O) groups excluding carboxylic acids is 2. The minimum absolute atomic E-state index is 0.114. The van der Waals surface area contributed by atoms with Crippen molar-refractivity contribution >= 4 is 45.6 Å². The van der Waals surface area contributed by atoms with Crippen LogP contribution < -0.4 is 10.6 Å². The first kappa shape index (κ1) is 21.1. The summed E-state index contributed by atoms with van der Waals surface area (Å²) in [6.07, 6.45) is -0.0652. The van der Waals surface area contributed by atoms with Crippen LogP contribution in [0.5, 0.6) is 0 Å². The van der Waals surface area contributed by atoms with Crippen molar-refractivity contribution in [3.8, 4) is 0 Å². The van der Waals surface area contributed by atoms with Gasteiger partial charge in [-0.1, -0.05) is 25.4 Å². The summed E-state index contributed by atoms with van der Waals surface area (Å²) in [5.74, 6) is -1.27. The second kappa shape index (κ2) is 9.66. The van der Waals surface area contributed by atoms with Crippen LogP contribution in [0, 0.1) is 11.7 Å². The number of aromatic nitrogens is 1. The Morgan fingerprint density at radius 3 is 2.74 bits per heavy atom. The number of rotatable bonds is 8. The van der Waals surface area contributed by atoms with Gasteiger partial charge in [0.15, 0.2) is 16.9 Å². The van der Waals surface area contributed by atoms with Gasteiger partial charge < -0.3 is 15.4 Å². The van der Waals surface area contributed by atoms with Gasteiger partial charge in [0.05, 0.1) is 5.02 Å². The summed E-state index contributed by atoms with van der Waals surface area (Å²) in [6.45, 7) is 6.45. The molecule has 0 radical (unpaired) electrons. The molecule has 27 heavy (non-hydrogen) atoms. The van der Waals surface area contributed by atoms with Crippen molar-refractivity contribution in [2.45, 2.75) is 33.3 Å². The molecule has 1 aromatic carbocycles. The van der Waals surface area contributed by atoms with Crippen LogP contribution in [0.3, 0.4) is 0 Å². The van der Waals surface area contributed by atoms with Crippen molar-refractivity contribution in [2.75, 3.05) is 17.2 Å². The maximum absolute atomic E-state index is 13.1. The zero-order chi connectivity index (χ0) is 20.0. The van der Waals surface area contributed by atoms with E-state index in [1.54, 1.807) is 5.38 Å². The van der Waals surface area contributed by atoms with E-state index < -0.39 is 23.8 Å². The van der Waals surface area contributed by atoms with E-state index in [1.165, 1.54) is 30.4 Å². The van der Waals surface area contributed by atoms with Gasteiger partial charge >= 0.3 is 5.97 Å². The summed E-state index contributed by atoms with van der Waals surface area (Å²) in [6, 6.07) is 3.78. The first-order valence-electron chi connectivity index (χ1n) is 8.42. The number of anilines is 2. The highest BCUT2D eigenvalue weighted by atomic mass is 35.5. The molecule has 0 aliphatic carbocycles. The van der Waals surface area contributed by atoms with Gasteiger partial charge in [0, 0.05) is 17.6 Å². The van der Waals surface area contributed by atoms with E-state index in [0.717, 1.165) is 19.0 Å². The van der Waals surface area contributed by atoms with E-state index >= 15 is 0 Å². The number of ether oxygens (including phenoxy) is 1. The van der Waals surface area contributed by atoms with Crippen LogP contribution in [-0.2, 0) is 9.53 Å². The molecule has 9 heteroatoms. The fourth-order valence-electron chi connectivity index (χ4n) is 2.01. The number of carbonyl (C=O) groups is 2. The van der Waals surface area contributed by atoms with Crippen molar-refractivity contribution in [2.24, 2.45) is 5.92 Å². The van der Waals surface area contributed by atoms with Gasteiger partial charge in [-0.25, -0.2) is 14.2 Å². The highest BCUT2D eigenvalue weighted by Crippen LogP contribution is 2.20. The summed E-state index contributed by atoms with van der Waals surface area (Å²) in [5, 5.41) is 7.75. The number of esters is 1. The van der Waals surface area contributed by atoms with Gasteiger partial charge in [-0.15, -0.1) is 11.3 Å². The molecule has 0 unspecified atom stereocenters. The molecule has 0 saturated heterocycles. The average molecular weight is 414 g/mol. The number of nitrogens with zero attached hydrogens (tertiary/aromatic N) is 1. The van der Waals surface area contributed by atoms with Gasteiger partial charge in [-0.2, -0.15) is 0 Å². The number of thiazole rings is 1. The van der Waals surface area contributed by atoms with Crippen LogP contribution in [-0.4, -0.2) is 29.5 Å². The molecule has 0 spiro atoms. The zero-order valence-corrected chi connectivity index (χ0v) is 16.8. The van der Waals surface area contributed by atoms with Gasteiger partial charge in [-0.3, -0.25) is 4.79 Å². The Labute approximate surface area is 166 Å².